The second-order valence-corrected chi connectivity index (χ2v) is 5.02. The van der Waals surface area contributed by atoms with Crippen LogP contribution in [0.25, 0.3) is 22.3 Å². The first kappa shape index (κ1) is 12.8. The summed E-state index contributed by atoms with van der Waals surface area (Å²) in [4.78, 5) is 0. The van der Waals surface area contributed by atoms with Crippen molar-refractivity contribution in [3.63, 3.8) is 0 Å². The van der Waals surface area contributed by atoms with E-state index in [0.29, 0.717) is 5.02 Å². The third-order valence-electron chi connectivity index (χ3n) is 3.25. The van der Waals surface area contributed by atoms with Gasteiger partial charge in [-0.1, -0.05) is 66.2 Å². The number of phenols is 1. The van der Waals surface area contributed by atoms with Crippen LogP contribution in [-0.2, 0) is 0 Å². The Labute approximate surface area is 123 Å². The highest BCUT2D eigenvalue weighted by molar-refractivity contribution is 6.32. The van der Waals surface area contributed by atoms with Gasteiger partial charge in [-0.2, -0.15) is 0 Å². The van der Waals surface area contributed by atoms with Gasteiger partial charge in [0.1, 0.15) is 5.75 Å². The van der Waals surface area contributed by atoms with E-state index in [2.05, 4.69) is 24.3 Å². The molecule has 0 aromatic heterocycles. The van der Waals surface area contributed by atoms with Crippen molar-refractivity contribution in [3.8, 4) is 28.0 Å². The number of rotatable bonds is 2. The molecule has 0 spiro atoms. The van der Waals surface area contributed by atoms with Gasteiger partial charge >= 0.3 is 0 Å². The van der Waals surface area contributed by atoms with E-state index in [4.69, 9.17) is 11.6 Å². The Hall–Kier alpha value is -2.25. The van der Waals surface area contributed by atoms with Crippen molar-refractivity contribution in [1.29, 1.82) is 0 Å². The molecule has 98 valence electrons. The first-order valence-electron chi connectivity index (χ1n) is 6.38. The van der Waals surface area contributed by atoms with E-state index in [1.54, 1.807) is 12.1 Å². The summed E-state index contributed by atoms with van der Waals surface area (Å²) in [5.41, 5.74) is 4.41. The van der Waals surface area contributed by atoms with E-state index in [0.717, 1.165) is 16.7 Å². The summed E-state index contributed by atoms with van der Waals surface area (Å²) >= 11 is 5.97. The predicted molar refractivity (Wildman–Crippen MR) is 84.0 cm³/mol. The summed E-state index contributed by atoms with van der Waals surface area (Å²) in [5.74, 6) is 0.106. The maximum Gasteiger partial charge on any atom is 0.134 e. The lowest BCUT2D eigenvalue weighted by Crippen LogP contribution is -1.81. The first-order chi connectivity index (χ1) is 9.74. The van der Waals surface area contributed by atoms with Crippen LogP contribution in [0, 0.1) is 0 Å². The zero-order valence-corrected chi connectivity index (χ0v) is 11.5. The summed E-state index contributed by atoms with van der Waals surface area (Å²) < 4.78 is 0. The third-order valence-corrected chi connectivity index (χ3v) is 3.55. The van der Waals surface area contributed by atoms with Crippen molar-refractivity contribution in [3.05, 3.63) is 77.8 Å². The van der Waals surface area contributed by atoms with Crippen LogP contribution >= 0.6 is 11.6 Å². The van der Waals surface area contributed by atoms with E-state index in [1.165, 1.54) is 5.56 Å². The van der Waals surface area contributed by atoms with Gasteiger partial charge in [-0.15, -0.1) is 0 Å². The summed E-state index contributed by atoms with van der Waals surface area (Å²) in [7, 11) is 0. The standard InChI is InChI=1S/C18H13ClO/c19-17-12-16(9-10-18(17)20)15-8-4-7-14(11-15)13-5-2-1-3-6-13/h1-12,20H. The molecule has 3 aromatic rings. The molecule has 0 unspecified atom stereocenters. The highest BCUT2D eigenvalue weighted by Crippen LogP contribution is 2.31. The molecule has 20 heavy (non-hydrogen) atoms. The van der Waals surface area contributed by atoms with Crippen LogP contribution in [0.1, 0.15) is 0 Å². The molecule has 0 heterocycles. The molecule has 0 radical (unpaired) electrons. The van der Waals surface area contributed by atoms with Gasteiger partial charge in [-0.25, -0.2) is 0 Å². The minimum absolute atomic E-state index is 0.106. The van der Waals surface area contributed by atoms with Gasteiger partial charge in [0.15, 0.2) is 0 Å². The molecule has 3 aromatic carbocycles. The third kappa shape index (κ3) is 2.54. The van der Waals surface area contributed by atoms with Gasteiger partial charge in [0.2, 0.25) is 0 Å². The molecule has 1 N–H and O–H groups in total. The van der Waals surface area contributed by atoms with Gasteiger partial charge in [0, 0.05) is 0 Å². The minimum Gasteiger partial charge on any atom is -0.506 e. The van der Waals surface area contributed by atoms with Crippen LogP contribution in [0.3, 0.4) is 0 Å². The Balaban J connectivity index is 2.05. The Morgan fingerprint density at radius 1 is 0.600 bits per heavy atom. The number of phenolic OH excluding ortho intramolecular Hbond substituents is 1. The van der Waals surface area contributed by atoms with Crippen molar-refractivity contribution >= 4 is 11.6 Å². The first-order valence-corrected chi connectivity index (χ1v) is 6.76. The molecular formula is C18H13ClO. The predicted octanol–water partition coefficient (Wildman–Crippen LogP) is 5.38. The molecule has 0 aliphatic carbocycles. The van der Waals surface area contributed by atoms with Crippen molar-refractivity contribution in [2.75, 3.05) is 0 Å². The van der Waals surface area contributed by atoms with Crippen molar-refractivity contribution in [1.82, 2.24) is 0 Å². The molecule has 3 rings (SSSR count). The Morgan fingerprint density at radius 3 is 1.90 bits per heavy atom. The van der Waals surface area contributed by atoms with Crippen LogP contribution in [0.2, 0.25) is 5.02 Å². The largest absolute Gasteiger partial charge is 0.506 e. The fourth-order valence-corrected chi connectivity index (χ4v) is 2.38. The van der Waals surface area contributed by atoms with Gasteiger partial charge < -0.3 is 5.11 Å². The molecule has 0 fully saturated rings. The summed E-state index contributed by atoms with van der Waals surface area (Å²) in [6, 6.07) is 23.8. The minimum atomic E-state index is 0.106. The van der Waals surface area contributed by atoms with E-state index in [1.807, 2.05) is 36.4 Å². The quantitative estimate of drug-likeness (QED) is 0.668. The zero-order chi connectivity index (χ0) is 13.9. The smallest absolute Gasteiger partial charge is 0.134 e. The molecule has 0 atom stereocenters. The number of halogens is 1. The van der Waals surface area contributed by atoms with Gasteiger partial charge in [0.05, 0.1) is 5.02 Å². The fraction of sp³-hybridized carbons (Fsp3) is 0. The normalized spacial score (nSPS) is 10.4. The summed E-state index contributed by atoms with van der Waals surface area (Å²) in [6.45, 7) is 0. The Bertz CT molecular complexity index is 735. The maximum atomic E-state index is 9.49. The number of aromatic hydroxyl groups is 1. The molecule has 0 amide bonds. The lowest BCUT2D eigenvalue weighted by atomic mass is 9.99. The highest BCUT2D eigenvalue weighted by Gasteiger charge is 2.04. The van der Waals surface area contributed by atoms with E-state index in [-0.39, 0.29) is 5.75 Å². The zero-order valence-electron chi connectivity index (χ0n) is 10.8. The summed E-state index contributed by atoms with van der Waals surface area (Å²) in [6.07, 6.45) is 0. The van der Waals surface area contributed by atoms with Crippen LogP contribution in [0.5, 0.6) is 5.75 Å². The average molecular weight is 281 g/mol. The summed E-state index contributed by atoms with van der Waals surface area (Å²) in [5, 5.41) is 9.86. The maximum absolute atomic E-state index is 9.49. The SMILES string of the molecule is Oc1ccc(-c2cccc(-c3ccccc3)c2)cc1Cl. The van der Waals surface area contributed by atoms with Crippen LogP contribution < -0.4 is 0 Å². The van der Waals surface area contributed by atoms with Crippen molar-refractivity contribution in [2.45, 2.75) is 0 Å². The van der Waals surface area contributed by atoms with Crippen molar-refractivity contribution in [2.24, 2.45) is 0 Å². The molecule has 2 heteroatoms. The molecule has 1 nitrogen and oxygen atoms in total. The number of hydrogen-bond acceptors (Lipinski definition) is 1. The fourth-order valence-electron chi connectivity index (χ4n) is 2.20. The van der Waals surface area contributed by atoms with Crippen LogP contribution in [0.15, 0.2) is 72.8 Å². The van der Waals surface area contributed by atoms with Gasteiger partial charge in [-0.05, 0) is 40.5 Å². The topological polar surface area (TPSA) is 20.2 Å². The lowest BCUT2D eigenvalue weighted by molar-refractivity contribution is 0.475. The molecule has 0 saturated heterocycles. The Kier molecular flexibility index (Phi) is 3.44. The van der Waals surface area contributed by atoms with E-state index in [9.17, 15) is 5.11 Å². The molecule has 0 aliphatic rings. The molecule has 0 bridgehead atoms. The van der Waals surface area contributed by atoms with Gasteiger partial charge in [-0.3, -0.25) is 0 Å². The Morgan fingerprint density at radius 2 is 1.20 bits per heavy atom. The number of hydrogen-bond donors (Lipinski definition) is 1. The second kappa shape index (κ2) is 5.40. The van der Waals surface area contributed by atoms with Crippen LogP contribution in [-0.4, -0.2) is 5.11 Å². The van der Waals surface area contributed by atoms with Crippen molar-refractivity contribution < 1.29 is 5.11 Å². The second-order valence-electron chi connectivity index (χ2n) is 4.61. The van der Waals surface area contributed by atoms with E-state index >= 15 is 0 Å². The van der Waals surface area contributed by atoms with Gasteiger partial charge in [0.25, 0.3) is 0 Å². The van der Waals surface area contributed by atoms with E-state index < -0.39 is 0 Å². The highest BCUT2D eigenvalue weighted by atomic mass is 35.5. The lowest BCUT2D eigenvalue weighted by Gasteiger charge is -2.07. The molecular weight excluding hydrogens is 268 g/mol. The molecule has 0 saturated carbocycles. The molecule has 0 aliphatic heterocycles. The van der Waals surface area contributed by atoms with Crippen LogP contribution in [0.4, 0.5) is 0 Å². The number of benzene rings is 3. The monoisotopic (exact) mass is 280 g/mol. The average Bonchev–Trinajstić information content (AvgIpc) is 2.51.